The highest BCUT2D eigenvalue weighted by Gasteiger charge is 2.27. The summed E-state index contributed by atoms with van der Waals surface area (Å²) in [4.78, 5) is 28.3. The first kappa shape index (κ1) is 70.3. The van der Waals surface area contributed by atoms with Crippen LogP contribution >= 0.6 is 7.82 Å². The predicted molar refractivity (Wildman–Crippen MR) is 318 cm³/mol. The lowest BCUT2D eigenvalue weighted by Gasteiger charge is -2.32. The van der Waals surface area contributed by atoms with Gasteiger partial charge >= 0.3 is 19.8 Å². The molecule has 11 heteroatoms. The van der Waals surface area contributed by atoms with Crippen LogP contribution in [-0.2, 0) is 48.5 Å². The van der Waals surface area contributed by atoms with E-state index in [1.807, 2.05) is 6.07 Å². The quantitative estimate of drug-likeness (QED) is 0.0355. The molecule has 0 N–H and O–H groups in total. The number of carbonyl (C=O) groups excluding carboxylic acids is 2. The van der Waals surface area contributed by atoms with Crippen molar-refractivity contribution in [3.63, 3.8) is 0 Å². The van der Waals surface area contributed by atoms with Gasteiger partial charge in [-0.3, -0.25) is 23.2 Å². The third-order valence-corrected chi connectivity index (χ3v) is 16.9. The Labute approximate surface area is 468 Å². The summed E-state index contributed by atoms with van der Waals surface area (Å²) in [5.74, 6) is -0.0853. The smallest absolute Gasteiger partial charge is 0.462 e. The summed E-state index contributed by atoms with van der Waals surface area (Å²) in [7, 11) is -3.74. The number of benzene rings is 1. The number of hydrogen-bond donors (Lipinski definition) is 0. The molecule has 1 aliphatic rings. The highest BCUT2D eigenvalue weighted by atomic mass is 31.2. The Morgan fingerprint density at radius 1 is 0.461 bits per heavy atom. The van der Waals surface area contributed by atoms with Crippen LogP contribution in [0.15, 0.2) is 30.3 Å². The van der Waals surface area contributed by atoms with Gasteiger partial charge in [-0.05, 0) is 102 Å². The second-order valence-corrected chi connectivity index (χ2v) is 24.3. The number of carbonyl (C=O) groups is 2. The fourth-order valence-corrected chi connectivity index (χ4v) is 11.7. The first-order chi connectivity index (χ1) is 37.3. The second kappa shape index (κ2) is 51.3. The van der Waals surface area contributed by atoms with Crippen LogP contribution in [-0.4, -0.2) is 74.6 Å². The van der Waals surface area contributed by atoms with Gasteiger partial charge in [-0.1, -0.05) is 225 Å². The van der Waals surface area contributed by atoms with E-state index >= 15 is 0 Å². The van der Waals surface area contributed by atoms with Crippen LogP contribution in [0.2, 0.25) is 0 Å². The van der Waals surface area contributed by atoms with Crippen molar-refractivity contribution in [2.24, 2.45) is 0 Å². The van der Waals surface area contributed by atoms with Crippen LogP contribution in [0.5, 0.6) is 0 Å². The van der Waals surface area contributed by atoms with Crippen LogP contribution < -0.4 is 0 Å². The van der Waals surface area contributed by atoms with Gasteiger partial charge in [0.15, 0.2) is 0 Å². The van der Waals surface area contributed by atoms with Crippen LogP contribution in [0.3, 0.4) is 0 Å². The van der Waals surface area contributed by atoms with Crippen molar-refractivity contribution in [3.05, 3.63) is 35.9 Å². The Morgan fingerprint density at radius 2 is 0.803 bits per heavy atom. The van der Waals surface area contributed by atoms with Gasteiger partial charge in [0.25, 0.3) is 0 Å². The van der Waals surface area contributed by atoms with Gasteiger partial charge in [-0.15, -0.1) is 0 Å². The normalized spacial score (nSPS) is 13.6. The minimum absolute atomic E-state index is 0.0426. The Balaban J connectivity index is 1.75. The molecule has 0 saturated carbocycles. The second-order valence-electron chi connectivity index (χ2n) is 22.6. The number of esters is 2. The van der Waals surface area contributed by atoms with Crippen molar-refractivity contribution in [1.82, 2.24) is 4.90 Å². The topological polar surface area (TPSA) is 110 Å². The Hall–Kier alpha value is -1.81. The van der Waals surface area contributed by atoms with Crippen molar-refractivity contribution in [2.75, 3.05) is 39.5 Å². The first-order valence-electron chi connectivity index (χ1n) is 32.6. The fourth-order valence-electron chi connectivity index (χ4n) is 10.4. The molecule has 0 bridgehead atoms. The largest absolute Gasteiger partial charge is 0.474 e. The summed E-state index contributed by atoms with van der Waals surface area (Å²) in [6.45, 7) is 13.4. The standard InChI is InChI=1S/C65H120NO9P/c1-5-9-13-17-23-34-45-62(46-35-24-18-14-10-6-2)74-64(67)49-38-27-21-29-40-56-71-76(69,73-58-42-53-66-54-51-61(52-55-66)70-59-60-43-32-31-33-44-60)72-57-41-30-22-28-39-50-65(68)75-63(47-36-25-19-15-11-7-3)48-37-26-20-16-12-8-4/h31-33,43-44,61-63H,5-30,34-42,45-59H2,1-4H3. The van der Waals surface area contributed by atoms with Crippen molar-refractivity contribution in [1.29, 1.82) is 0 Å². The first-order valence-corrected chi connectivity index (χ1v) is 34.1. The maximum absolute atomic E-state index is 14.0. The SMILES string of the molecule is CCCCCCCCC(CCCCCCCC)OC(=O)CCCCCCCOP(=O)(OCCCCCCCC(=O)OC(CCCCCCCC)CCCCCCCC)OCCCN1CCC(OCc2ccccc2)CC1. The molecule has 0 amide bonds. The molecule has 1 heterocycles. The van der Waals surface area contributed by atoms with Gasteiger partial charge in [-0.2, -0.15) is 0 Å². The lowest BCUT2D eigenvalue weighted by molar-refractivity contribution is -0.151. The zero-order valence-corrected chi connectivity index (χ0v) is 50.9. The molecule has 0 unspecified atom stereocenters. The zero-order valence-electron chi connectivity index (χ0n) is 50.0. The molecule has 0 spiro atoms. The number of phosphoric acid groups is 1. The highest BCUT2D eigenvalue weighted by Crippen LogP contribution is 2.50. The third kappa shape index (κ3) is 42.1. The van der Waals surface area contributed by atoms with Gasteiger partial charge in [0.05, 0.1) is 32.5 Å². The van der Waals surface area contributed by atoms with E-state index in [2.05, 4.69) is 56.9 Å². The van der Waals surface area contributed by atoms with E-state index in [0.29, 0.717) is 39.3 Å². The Morgan fingerprint density at radius 3 is 1.20 bits per heavy atom. The van der Waals surface area contributed by atoms with E-state index in [1.165, 1.54) is 134 Å². The van der Waals surface area contributed by atoms with Crippen LogP contribution in [0.25, 0.3) is 0 Å². The summed E-state index contributed by atoms with van der Waals surface area (Å²) >= 11 is 0. The Kier molecular flexibility index (Phi) is 47.5. The summed E-state index contributed by atoms with van der Waals surface area (Å²) in [6, 6.07) is 10.4. The molecular weight excluding hydrogens is 970 g/mol. The summed E-state index contributed by atoms with van der Waals surface area (Å²) < 4.78 is 50.2. The molecule has 1 saturated heterocycles. The predicted octanol–water partition coefficient (Wildman–Crippen LogP) is 19.7. The van der Waals surface area contributed by atoms with Gasteiger partial charge in [0, 0.05) is 32.5 Å². The summed E-state index contributed by atoms with van der Waals surface area (Å²) in [5.41, 5.74) is 1.21. The molecule has 2 rings (SSSR count). The number of phosphoric ester groups is 1. The van der Waals surface area contributed by atoms with Crippen LogP contribution in [0.1, 0.15) is 309 Å². The number of unbranched alkanes of at least 4 members (excludes halogenated alkanes) is 28. The van der Waals surface area contributed by atoms with Gasteiger partial charge < -0.3 is 19.1 Å². The molecule has 1 aromatic carbocycles. The number of ether oxygens (including phenoxy) is 3. The molecule has 444 valence electrons. The molecule has 76 heavy (non-hydrogen) atoms. The van der Waals surface area contributed by atoms with Crippen molar-refractivity contribution >= 4 is 19.8 Å². The summed E-state index contributed by atoms with van der Waals surface area (Å²) in [5, 5.41) is 0. The average molecular weight is 1090 g/mol. The number of hydrogen-bond acceptors (Lipinski definition) is 10. The third-order valence-electron chi connectivity index (χ3n) is 15.4. The van der Waals surface area contributed by atoms with Crippen LogP contribution in [0.4, 0.5) is 0 Å². The monoisotopic (exact) mass is 1090 g/mol. The van der Waals surface area contributed by atoms with E-state index < -0.39 is 7.82 Å². The van der Waals surface area contributed by atoms with E-state index in [1.54, 1.807) is 0 Å². The molecular formula is C65H120NO9P. The maximum atomic E-state index is 14.0. The van der Waals surface area contributed by atoms with E-state index in [-0.39, 0.29) is 30.3 Å². The van der Waals surface area contributed by atoms with E-state index in [0.717, 1.165) is 154 Å². The Bertz CT molecular complexity index is 1370. The molecule has 10 nitrogen and oxygen atoms in total. The molecule has 1 aromatic rings. The van der Waals surface area contributed by atoms with Crippen molar-refractivity contribution in [3.8, 4) is 0 Å². The lowest BCUT2D eigenvalue weighted by Crippen LogP contribution is -2.37. The molecule has 0 radical (unpaired) electrons. The maximum Gasteiger partial charge on any atom is 0.474 e. The molecule has 1 fully saturated rings. The molecule has 0 aromatic heterocycles. The van der Waals surface area contributed by atoms with Gasteiger partial charge in [0.2, 0.25) is 0 Å². The number of nitrogens with zero attached hydrogens (tertiary/aromatic N) is 1. The van der Waals surface area contributed by atoms with Crippen LogP contribution in [0, 0.1) is 0 Å². The van der Waals surface area contributed by atoms with Gasteiger partial charge in [-0.25, -0.2) is 4.57 Å². The molecule has 1 aliphatic heterocycles. The molecule has 0 aliphatic carbocycles. The minimum Gasteiger partial charge on any atom is -0.462 e. The number of piperidine rings is 1. The zero-order chi connectivity index (χ0) is 54.7. The number of rotatable bonds is 56. The molecule has 0 atom stereocenters. The lowest BCUT2D eigenvalue weighted by atomic mass is 10.0. The van der Waals surface area contributed by atoms with E-state index in [4.69, 9.17) is 27.8 Å². The fraction of sp³-hybridized carbons (Fsp3) is 0.877. The summed E-state index contributed by atoms with van der Waals surface area (Å²) in [6.07, 6.45) is 47.1. The minimum atomic E-state index is -3.74. The number of likely N-dealkylation sites (tertiary alicyclic amines) is 1. The van der Waals surface area contributed by atoms with Gasteiger partial charge in [0.1, 0.15) is 12.2 Å². The van der Waals surface area contributed by atoms with Crippen molar-refractivity contribution < 1.29 is 41.9 Å². The van der Waals surface area contributed by atoms with Crippen molar-refractivity contribution in [2.45, 2.75) is 329 Å². The average Bonchev–Trinajstić information content (AvgIpc) is 3.42. The van der Waals surface area contributed by atoms with E-state index in [9.17, 15) is 14.2 Å². The highest BCUT2D eigenvalue weighted by molar-refractivity contribution is 7.48.